The second-order valence-corrected chi connectivity index (χ2v) is 4.70. The highest BCUT2D eigenvalue weighted by Crippen LogP contribution is 2.16. The Balaban J connectivity index is 2.04. The molecule has 22 heavy (non-hydrogen) atoms. The minimum absolute atomic E-state index is 0.0262. The first-order valence-corrected chi connectivity index (χ1v) is 6.82. The summed E-state index contributed by atoms with van der Waals surface area (Å²) < 4.78 is 30.2. The van der Waals surface area contributed by atoms with Crippen LogP contribution in [0.3, 0.4) is 0 Å². The first-order chi connectivity index (χ1) is 10.5. The number of ether oxygens (including phenoxy) is 1. The van der Waals surface area contributed by atoms with E-state index in [-0.39, 0.29) is 11.7 Å². The topological polar surface area (TPSA) is 47.4 Å². The smallest absolute Gasteiger partial charge is 0.387 e. The Labute approximate surface area is 127 Å². The summed E-state index contributed by atoms with van der Waals surface area (Å²) in [7, 11) is 1.68. The predicted molar refractivity (Wildman–Crippen MR) is 76.8 cm³/mol. The summed E-state index contributed by atoms with van der Waals surface area (Å²) in [5.74, 6) is -0.175. The molecule has 5 nitrogen and oxygen atoms in total. The van der Waals surface area contributed by atoms with E-state index in [9.17, 15) is 13.6 Å². The molecule has 1 aromatic heterocycles. The molecule has 0 atom stereocenters. The van der Waals surface area contributed by atoms with E-state index >= 15 is 0 Å². The second kappa shape index (κ2) is 7.02. The van der Waals surface area contributed by atoms with Crippen LogP contribution in [0.5, 0.6) is 5.75 Å². The SMILES string of the molecule is CCn1nccc1CN(C)C(=O)c1ccc(OC(F)F)cc1. The molecule has 0 fully saturated rings. The van der Waals surface area contributed by atoms with Gasteiger partial charge in [-0.3, -0.25) is 9.48 Å². The Morgan fingerprint density at radius 2 is 2.00 bits per heavy atom. The summed E-state index contributed by atoms with van der Waals surface area (Å²) in [5.41, 5.74) is 1.34. The molecule has 1 amide bonds. The lowest BCUT2D eigenvalue weighted by molar-refractivity contribution is -0.0498. The standard InChI is InChI=1S/C15H17F2N3O2/c1-3-20-12(8-9-18-20)10-19(2)14(21)11-4-6-13(7-5-11)22-15(16)17/h4-9,15H,3,10H2,1-2H3. The van der Waals surface area contributed by atoms with E-state index < -0.39 is 6.61 Å². The fourth-order valence-electron chi connectivity index (χ4n) is 2.09. The number of amides is 1. The Hall–Kier alpha value is -2.44. The minimum atomic E-state index is -2.88. The van der Waals surface area contributed by atoms with Gasteiger partial charge in [-0.15, -0.1) is 0 Å². The molecule has 0 bridgehead atoms. The average molecular weight is 309 g/mol. The molecule has 0 spiro atoms. The highest BCUT2D eigenvalue weighted by atomic mass is 19.3. The first kappa shape index (κ1) is 15.9. The van der Waals surface area contributed by atoms with Gasteiger partial charge in [-0.25, -0.2) is 0 Å². The number of hydrogen-bond acceptors (Lipinski definition) is 3. The van der Waals surface area contributed by atoms with Gasteiger partial charge in [-0.1, -0.05) is 0 Å². The molecule has 0 N–H and O–H groups in total. The van der Waals surface area contributed by atoms with E-state index in [2.05, 4.69) is 9.84 Å². The maximum Gasteiger partial charge on any atom is 0.387 e. The molecule has 1 heterocycles. The van der Waals surface area contributed by atoms with Crippen molar-refractivity contribution in [2.75, 3.05) is 7.05 Å². The summed E-state index contributed by atoms with van der Waals surface area (Å²) in [6.07, 6.45) is 1.69. The number of carbonyl (C=O) groups is 1. The van der Waals surface area contributed by atoms with Gasteiger partial charge in [0, 0.05) is 25.4 Å². The van der Waals surface area contributed by atoms with Crippen LogP contribution in [0.15, 0.2) is 36.5 Å². The summed E-state index contributed by atoms with van der Waals surface area (Å²) in [6.45, 7) is 0.241. The van der Waals surface area contributed by atoms with E-state index in [0.717, 1.165) is 12.2 Å². The molecule has 0 saturated carbocycles. The van der Waals surface area contributed by atoms with E-state index in [1.54, 1.807) is 18.1 Å². The Bertz CT molecular complexity index is 626. The van der Waals surface area contributed by atoms with Gasteiger partial charge < -0.3 is 9.64 Å². The zero-order chi connectivity index (χ0) is 16.1. The van der Waals surface area contributed by atoms with Crippen molar-refractivity contribution in [1.82, 2.24) is 14.7 Å². The van der Waals surface area contributed by atoms with Crippen LogP contribution in [0.2, 0.25) is 0 Å². The van der Waals surface area contributed by atoms with Gasteiger partial charge in [0.25, 0.3) is 5.91 Å². The average Bonchev–Trinajstić information content (AvgIpc) is 2.93. The summed E-state index contributed by atoms with van der Waals surface area (Å²) in [6, 6.07) is 7.49. The lowest BCUT2D eigenvalue weighted by atomic mass is 10.2. The highest BCUT2D eigenvalue weighted by molar-refractivity contribution is 5.94. The molecule has 7 heteroatoms. The Morgan fingerprint density at radius 3 is 2.59 bits per heavy atom. The maximum absolute atomic E-state index is 12.3. The van der Waals surface area contributed by atoms with Crippen molar-refractivity contribution < 1.29 is 18.3 Å². The second-order valence-electron chi connectivity index (χ2n) is 4.70. The number of benzene rings is 1. The monoisotopic (exact) mass is 309 g/mol. The summed E-state index contributed by atoms with van der Waals surface area (Å²) >= 11 is 0. The van der Waals surface area contributed by atoms with Crippen LogP contribution in [-0.4, -0.2) is 34.2 Å². The van der Waals surface area contributed by atoms with E-state index in [0.29, 0.717) is 12.1 Å². The number of carbonyl (C=O) groups excluding carboxylic acids is 1. The van der Waals surface area contributed by atoms with Gasteiger partial charge in [0.05, 0.1) is 12.2 Å². The van der Waals surface area contributed by atoms with Gasteiger partial charge in [0.2, 0.25) is 0 Å². The quantitative estimate of drug-likeness (QED) is 0.824. The molecular formula is C15H17F2N3O2. The van der Waals surface area contributed by atoms with Crippen molar-refractivity contribution in [2.24, 2.45) is 0 Å². The highest BCUT2D eigenvalue weighted by Gasteiger charge is 2.14. The number of aromatic nitrogens is 2. The normalized spacial score (nSPS) is 10.8. The predicted octanol–water partition coefficient (Wildman–Crippen LogP) is 2.78. The van der Waals surface area contributed by atoms with E-state index in [4.69, 9.17) is 0 Å². The van der Waals surface area contributed by atoms with Crippen LogP contribution in [-0.2, 0) is 13.1 Å². The van der Waals surface area contributed by atoms with Crippen molar-refractivity contribution in [1.29, 1.82) is 0 Å². The number of rotatable bonds is 6. The van der Waals surface area contributed by atoms with Crippen molar-refractivity contribution in [3.63, 3.8) is 0 Å². The molecule has 0 saturated heterocycles. The number of nitrogens with zero attached hydrogens (tertiary/aromatic N) is 3. The van der Waals surface area contributed by atoms with E-state index in [1.807, 2.05) is 17.7 Å². The molecule has 0 aliphatic carbocycles. The minimum Gasteiger partial charge on any atom is -0.435 e. The molecule has 0 radical (unpaired) electrons. The van der Waals surface area contributed by atoms with Crippen molar-refractivity contribution in [2.45, 2.75) is 26.6 Å². The fourth-order valence-corrected chi connectivity index (χ4v) is 2.09. The lowest BCUT2D eigenvalue weighted by Crippen LogP contribution is -2.27. The Morgan fingerprint density at radius 1 is 1.32 bits per heavy atom. The molecule has 0 aliphatic rings. The van der Waals surface area contributed by atoms with E-state index in [1.165, 1.54) is 24.3 Å². The third-order valence-corrected chi connectivity index (χ3v) is 3.18. The lowest BCUT2D eigenvalue weighted by Gasteiger charge is -2.18. The number of halogens is 2. The van der Waals surface area contributed by atoms with Crippen LogP contribution < -0.4 is 4.74 Å². The Kier molecular flexibility index (Phi) is 5.08. The summed E-state index contributed by atoms with van der Waals surface area (Å²) in [4.78, 5) is 13.9. The molecule has 2 aromatic rings. The third-order valence-electron chi connectivity index (χ3n) is 3.18. The van der Waals surface area contributed by atoms with Crippen molar-refractivity contribution >= 4 is 5.91 Å². The molecule has 118 valence electrons. The van der Waals surface area contributed by atoms with Gasteiger partial charge in [-0.05, 0) is 37.3 Å². The van der Waals surface area contributed by atoms with Gasteiger partial charge in [0.15, 0.2) is 0 Å². The molecule has 0 aliphatic heterocycles. The zero-order valence-corrected chi connectivity index (χ0v) is 12.4. The van der Waals surface area contributed by atoms with Crippen molar-refractivity contribution in [3.8, 4) is 5.75 Å². The largest absolute Gasteiger partial charge is 0.435 e. The third kappa shape index (κ3) is 3.81. The number of alkyl halides is 2. The maximum atomic E-state index is 12.3. The molecule has 1 aromatic carbocycles. The van der Waals surface area contributed by atoms with Gasteiger partial charge >= 0.3 is 6.61 Å². The van der Waals surface area contributed by atoms with Gasteiger partial charge in [0.1, 0.15) is 5.75 Å². The van der Waals surface area contributed by atoms with Gasteiger partial charge in [-0.2, -0.15) is 13.9 Å². The molecule has 0 unspecified atom stereocenters. The van der Waals surface area contributed by atoms with Crippen LogP contribution in [0.1, 0.15) is 23.0 Å². The fraction of sp³-hybridized carbons (Fsp3) is 0.333. The van der Waals surface area contributed by atoms with Crippen molar-refractivity contribution in [3.05, 3.63) is 47.8 Å². The van der Waals surface area contributed by atoms with Crippen LogP contribution in [0.4, 0.5) is 8.78 Å². The van der Waals surface area contributed by atoms with Crippen LogP contribution in [0, 0.1) is 0 Å². The zero-order valence-electron chi connectivity index (χ0n) is 12.4. The van der Waals surface area contributed by atoms with Crippen LogP contribution in [0.25, 0.3) is 0 Å². The summed E-state index contributed by atoms with van der Waals surface area (Å²) in [5, 5.41) is 4.15. The molecule has 2 rings (SSSR count). The first-order valence-electron chi connectivity index (χ1n) is 6.82. The number of hydrogen-bond donors (Lipinski definition) is 0. The molecular weight excluding hydrogens is 292 g/mol. The van der Waals surface area contributed by atoms with Crippen LogP contribution >= 0.6 is 0 Å². The number of aryl methyl sites for hydroxylation is 1.